The normalized spacial score (nSPS) is 14.7. The Bertz CT molecular complexity index is 3460. The lowest BCUT2D eigenvalue weighted by Crippen LogP contribution is -2.61. The van der Waals surface area contributed by atoms with Gasteiger partial charge in [0.25, 0.3) is 6.71 Å². The Kier molecular flexibility index (Phi) is 8.73. The standard InChI is InChI=1S/C60H55BN2OS/c1-58(2,3)37-23-29-49-47(31-37)61-48-32-38(59(4,5)6)24-30-50(48)63(41-27-28-44-43-15-10-12-19-53(43)64-54(44)35-41)52-34-39(60(7,8)9)33-51(56(52)61)62(49)40-25-21-36(22-26-40)42-17-14-18-46-45-16-11-13-20-55(45)65-57(42)46/h10-13,15-17,19-35H,14,18H2,1-9H3. The highest BCUT2D eigenvalue weighted by atomic mass is 32.1. The molecule has 2 aromatic heterocycles. The lowest BCUT2D eigenvalue weighted by Gasteiger charge is -2.45. The molecule has 4 heterocycles. The van der Waals surface area contributed by atoms with Gasteiger partial charge in [-0.15, -0.1) is 11.3 Å². The number of rotatable bonds is 3. The van der Waals surface area contributed by atoms with Gasteiger partial charge in [0.05, 0.1) is 0 Å². The second-order valence-electron chi connectivity index (χ2n) is 21.7. The number of para-hydroxylation sites is 1. The molecule has 3 aliphatic rings. The van der Waals surface area contributed by atoms with Crippen LogP contribution < -0.4 is 26.2 Å². The molecule has 0 saturated carbocycles. The molecule has 9 aromatic rings. The van der Waals surface area contributed by atoms with Crippen molar-refractivity contribution in [3.8, 4) is 0 Å². The molecule has 3 nitrogen and oxygen atoms in total. The fourth-order valence-electron chi connectivity index (χ4n) is 10.8. The summed E-state index contributed by atoms with van der Waals surface area (Å²) in [5.41, 5.74) is 21.0. The summed E-state index contributed by atoms with van der Waals surface area (Å²) >= 11 is 1.94. The number of fused-ring (bicyclic) bond motifs is 10. The SMILES string of the molecule is CC(C)(C)c1ccc2c(c1)B1c3cc(C(C)(C)C)ccc3N(c3ccc4c(c3)oc3ccccc34)c3cc(C(C)(C)C)cc(c31)N2c1ccc(C2=CCCc3c2sc2ccccc32)cc1. The molecule has 0 fully saturated rings. The molecule has 0 atom stereocenters. The maximum absolute atomic E-state index is 6.60. The lowest BCUT2D eigenvalue weighted by atomic mass is 9.33. The molecule has 0 spiro atoms. The number of hydrogen-bond acceptors (Lipinski definition) is 4. The summed E-state index contributed by atoms with van der Waals surface area (Å²) in [5.74, 6) is 0. The Morgan fingerprint density at radius 3 is 1.72 bits per heavy atom. The van der Waals surface area contributed by atoms with Gasteiger partial charge in [0, 0.05) is 60.5 Å². The van der Waals surface area contributed by atoms with E-state index in [-0.39, 0.29) is 23.0 Å². The van der Waals surface area contributed by atoms with E-state index in [4.69, 9.17) is 4.42 Å². The van der Waals surface area contributed by atoms with Crippen molar-refractivity contribution in [3.63, 3.8) is 0 Å². The second-order valence-corrected chi connectivity index (χ2v) is 22.8. The first kappa shape index (κ1) is 40.2. The fourth-order valence-corrected chi connectivity index (χ4v) is 12.2. The Labute approximate surface area is 388 Å². The third-order valence-corrected chi connectivity index (χ3v) is 15.7. The lowest BCUT2D eigenvalue weighted by molar-refractivity contribution is 0.590. The van der Waals surface area contributed by atoms with Gasteiger partial charge in [-0.05, 0) is 145 Å². The number of nitrogens with zero attached hydrogens (tertiary/aromatic N) is 2. The zero-order chi connectivity index (χ0) is 44.7. The molecule has 0 N–H and O–H groups in total. The van der Waals surface area contributed by atoms with E-state index >= 15 is 0 Å². The molecular formula is C60H55BN2OS. The molecule has 1 aliphatic carbocycles. The van der Waals surface area contributed by atoms with Crippen LogP contribution in [0.5, 0.6) is 0 Å². The summed E-state index contributed by atoms with van der Waals surface area (Å²) in [6.07, 6.45) is 4.62. The molecule has 320 valence electrons. The van der Waals surface area contributed by atoms with Gasteiger partial charge in [0.15, 0.2) is 0 Å². The monoisotopic (exact) mass is 862 g/mol. The smallest absolute Gasteiger partial charge is 0.252 e. The van der Waals surface area contributed by atoms with Crippen LogP contribution in [0.3, 0.4) is 0 Å². The minimum atomic E-state index is -0.118. The molecular weight excluding hydrogens is 808 g/mol. The predicted molar refractivity (Wildman–Crippen MR) is 281 cm³/mol. The van der Waals surface area contributed by atoms with E-state index in [0.29, 0.717) is 0 Å². The van der Waals surface area contributed by atoms with Crippen LogP contribution >= 0.6 is 11.3 Å². The Hall–Kier alpha value is -6.30. The zero-order valence-electron chi connectivity index (χ0n) is 39.1. The van der Waals surface area contributed by atoms with Gasteiger partial charge >= 0.3 is 0 Å². The number of furan rings is 1. The molecule has 0 saturated heterocycles. The number of hydrogen-bond donors (Lipinski definition) is 0. The molecule has 5 heteroatoms. The number of allylic oxidation sites excluding steroid dienone is 1. The molecule has 2 aliphatic heterocycles. The Morgan fingerprint density at radius 2 is 1.08 bits per heavy atom. The van der Waals surface area contributed by atoms with E-state index in [9.17, 15) is 0 Å². The fraction of sp³-hybridized carbons (Fsp3) is 0.233. The molecule has 12 rings (SSSR count). The van der Waals surface area contributed by atoms with Crippen molar-refractivity contribution in [2.24, 2.45) is 0 Å². The van der Waals surface area contributed by atoms with E-state index in [1.165, 1.54) is 93.2 Å². The van der Waals surface area contributed by atoms with Crippen molar-refractivity contribution >= 4 is 106 Å². The summed E-state index contributed by atoms with van der Waals surface area (Å²) in [6, 6.07) is 53.2. The third kappa shape index (κ3) is 6.29. The van der Waals surface area contributed by atoms with Crippen molar-refractivity contribution in [2.75, 3.05) is 9.80 Å². The topological polar surface area (TPSA) is 19.6 Å². The predicted octanol–water partition coefficient (Wildman–Crippen LogP) is 15.2. The van der Waals surface area contributed by atoms with Gasteiger partial charge in [-0.25, -0.2) is 0 Å². The van der Waals surface area contributed by atoms with Gasteiger partial charge < -0.3 is 14.2 Å². The first-order chi connectivity index (χ1) is 31.1. The van der Waals surface area contributed by atoms with Crippen LogP contribution in [-0.4, -0.2) is 6.71 Å². The maximum atomic E-state index is 6.60. The van der Waals surface area contributed by atoms with Crippen LogP contribution in [0.1, 0.15) is 101 Å². The average Bonchev–Trinajstić information content (AvgIpc) is 3.86. The second kappa shape index (κ2) is 14.1. The summed E-state index contributed by atoms with van der Waals surface area (Å²) in [4.78, 5) is 6.54. The number of anilines is 6. The molecule has 0 unspecified atom stereocenters. The van der Waals surface area contributed by atoms with Gasteiger partial charge in [-0.3, -0.25) is 0 Å². The van der Waals surface area contributed by atoms with E-state index in [1.807, 2.05) is 11.3 Å². The number of benzene rings is 7. The number of aryl methyl sites for hydroxylation is 1. The highest BCUT2D eigenvalue weighted by Crippen LogP contribution is 2.49. The van der Waals surface area contributed by atoms with Crippen LogP contribution in [0.15, 0.2) is 150 Å². The van der Waals surface area contributed by atoms with E-state index in [2.05, 4.69) is 218 Å². The van der Waals surface area contributed by atoms with Crippen LogP contribution in [0.4, 0.5) is 34.1 Å². The summed E-state index contributed by atoms with van der Waals surface area (Å²) in [6.45, 7) is 21.1. The Balaban J connectivity index is 1.11. The van der Waals surface area contributed by atoms with Crippen LogP contribution in [0.25, 0.3) is 37.6 Å². The van der Waals surface area contributed by atoms with Crippen LogP contribution in [0, 0.1) is 0 Å². The summed E-state index contributed by atoms with van der Waals surface area (Å²) < 4.78 is 7.97. The van der Waals surface area contributed by atoms with Gasteiger partial charge in [-0.1, -0.05) is 141 Å². The average molecular weight is 863 g/mol. The molecule has 65 heavy (non-hydrogen) atoms. The van der Waals surface area contributed by atoms with E-state index < -0.39 is 0 Å². The summed E-state index contributed by atoms with van der Waals surface area (Å²) in [5, 5.41) is 3.70. The maximum Gasteiger partial charge on any atom is 0.252 e. The number of thiophene rings is 1. The van der Waals surface area contributed by atoms with Crippen molar-refractivity contribution in [1.82, 2.24) is 0 Å². The first-order valence-corrected chi connectivity index (χ1v) is 24.2. The van der Waals surface area contributed by atoms with Gasteiger partial charge in [-0.2, -0.15) is 0 Å². The third-order valence-electron chi connectivity index (χ3n) is 14.4. The van der Waals surface area contributed by atoms with E-state index in [1.54, 1.807) is 0 Å². The first-order valence-electron chi connectivity index (χ1n) is 23.4. The minimum Gasteiger partial charge on any atom is -0.456 e. The zero-order valence-corrected chi connectivity index (χ0v) is 39.9. The van der Waals surface area contributed by atoms with E-state index in [0.717, 1.165) is 40.5 Å². The van der Waals surface area contributed by atoms with Crippen LogP contribution in [-0.2, 0) is 22.7 Å². The molecule has 7 aromatic carbocycles. The highest BCUT2D eigenvalue weighted by Gasteiger charge is 2.45. The van der Waals surface area contributed by atoms with Crippen molar-refractivity contribution in [3.05, 3.63) is 178 Å². The minimum absolute atomic E-state index is 0.0177. The van der Waals surface area contributed by atoms with Crippen LogP contribution in [0.2, 0.25) is 0 Å². The van der Waals surface area contributed by atoms with Crippen molar-refractivity contribution in [2.45, 2.75) is 91.4 Å². The quantitative estimate of drug-likeness (QED) is 0.165. The molecule has 0 bridgehead atoms. The summed E-state index contributed by atoms with van der Waals surface area (Å²) in [7, 11) is 0. The van der Waals surface area contributed by atoms with Crippen molar-refractivity contribution < 1.29 is 4.42 Å². The molecule has 0 radical (unpaired) electrons. The highest BCUT2D eigenvalue weighted by molar-refractivity contribution is 7.20. The molecule has 0 amide bonds. The Morgan fingerprint density at radius 1 is 0.508 bits per heavy atom. The van der Waals surface area contributed by atoms with Crippen molar-refractivity contribution in [1.29, 1.82) is 0 Å². The largest absolute Gasteiger partial charge is 0.456 e. The van der Waals surface area contributed by atoms with Gasteiger partial charge in [0.2, 0.25) is 0 Å². The van der Waals surface area contributed by atoms with Gasteiger partial charge in [0.1, 0.15) is 11.2 Å².